The lowest BCUT2D eigenvalue weighted by molar-refractivity contribution is -0.142. The Bertz CT molecular complexity index is 693. The molecule has 3 amide bonds. The Hall–Kier alpha value is -2.64. The number of anilines is 1. The van der Waals surface area contributed by atoms with Crippen LogP contribution in [0.5, 0.6) is 0 Å². The van der Waals surface area contributed by atoms with Gasteiger partial charge < -0.3 is 20.9 Å². The molecule has 1 saturated heterocycles. The Balaban J connectivity index is 1.97. The van der Waals surface area contributed by atoms with E-state index in [0.29, 0.717) is 30.9 Å². The van der Waals surface area contributed by atoms with Crippen molar-refractivity contribution in [1.82, 2.24) is 9.80 Å². The molecule has 1 unspecified atom stereocenters. The number of benzene rings is 1. The number of hydrogen-bond acceptors (Lipinski definition) is 4. The van der Waals surface area contributed by atoms with Gasteiger partial charge in [-0.15, -0.1) is 0 Å². The fourth-order valence-corrected chi connectivity index (χ4v) is 3.02. The van der Waals surface area contributed by atoms with Gasteiger partial charge in [-0.2, -0.15) is 0 Å². The molecular weight excluding hydrogens is 351 g/mol. The monoisotopic (exact) mass is 378 g/mol. The molecule has 27 heavy (non-hydrogen) atoms. The average Bonchev–Trinajstić information content (AvgIpc) is 2.64. The number of nitrogens with zero attached hydrogens (tertiary/aromatic N) is 2. The second kappa shape index (κ2) is 8.83. The van der Waals surface area contributed by atoms with Gasteiger partial charge in [-0.1, -0.05) is 13.8 Å². The van der Waals surface area contributed by atoms with E-state index < -0.39 is 18.0 Å². The first-order valence-corrected chi connectivity index (χ1v) is 9.06. The van der Waals surface area contributed by atoms with Crippen molar-refractivity contribution < 1.29 is 18.8 Å². The van der Waals surface area contributed by atoms with E-state index in [1.54, 1.807) is 43.0 Å². The van der Waals surface area contributed by atoms with E-state index in [-0.39, 0.29) is 24.4 Å². The van der Waals surface area contributed by atoms with Crippen LogP contribution in [0.4, 0.5) is 10.1 Å². The zero-order valence-electron chi connectivity index (χ0n) is 15.9. The van der Waals surface area contributed by atoms with Crippen LogP contribution in [0.2, 0.25) is 0 Å². The maximum absolute atomic E-state index is 14.0. The number of piperazine rings is 1. The second-order valence-electron chi connectivity index (χ2n) is 7.17. The number of amides is 3. The third-order valence-corrected chi connectivity index (χ3v) is 4.62. The molecule has 0 aliphatic carbocycles. The molecule has 8 heteroatoms. The van der Waals surface area contributed by atoms with Gasteiger partial charge in [0.15, 0.2) is 6.17 Å². The number of carbonyl (C=O) groups is 3. The Kier molecular flexibility index (Phi) is 6.76. The third-order valence-electron chi connectivity index (χ3n) is 4.62. The van der Waals surface area contributed by atoms with Crippen molar-refractivity contribution in [1.29, 1.82) is 0 Å². The van der Waals surface area contributed by atoms with Crippen LogP contribution >= 0.6 is 0 Å². The SMILES string of the molecule is CC(C)C(F)C(=O)N1CCN(C(=O)c2ccc(NCC(N)=O)cc2)C[C@H]1C. The molecule has 2 atom stereocenters. The Morgan fingerprint density at radius 3 is 2.37 bits per heavy atom. The van der Waals surface area contributed by atoms with Crippen molar-refractivity contribution in [3.05, 3.63) is 29.8 Å². The van der Waals surface area contributed by atoms with Crippen molar-refractivity contribution in [2.75, 3.05) is 31.5 Å². The number of rotatable bonds is 6. The molecule has 0 radical (unpaired) electrons. The fourth-order valence-electron chi connectivity index (χ4n) is 3.02. The van der Waals surface area contributed by atoms with Gasteiger partial charge in [-0.25, -0.2) is 4.39 Å². The molecule has 1 aromatic rings. The highest BCUT2D eigenvalue weighted by Crippen LogP contribution is 2.18. The summed E-state index contributed by atoms with van der Waals surface area (Å²) in [4.78, 5) is 38.9. The molecule has 3 N–H and O–H groups in total. The summed E-state index contributed by atoms with van der Waals surface area (Å²) in [7, 11) is 0. The first-order chi connectivity index (χ1) is 12.7. The van der Waals surface area contributed by atoms with E-state index in [2.05, 4.69) is 5.32 Å². The van der Waals surface area contributed by atoms with Crippen LogP contribution in [-0.4, -0.2) is 65.9 Å². The molecule has 1 aliphatic heterocycles. The number of alkyl halides is 1. The molecule has 2 rings (SSSR count). The summed E-state index contributed by atoms with van der Waals surface area (Å²) in [6.45, 7) is 6.23. The van der Waals surface area contributed by atoms with E-state index in [0.717, 1.165) is 0 Å². The molecular formula is C19H27FN4O3. The number of hydrogen-bond donors (Lipinski definition) is 2. The lowest BCUT2D eigenvalue weighted by Gasteiger charge is -2.40. The van der Waals surface area contributed by atoms with Gasteiger partial charge in [0.1, 0.15) is 0 Å². The topological polar surface area (TPSA) is 95.7 Å². The summed E-state index contributed by atoms with van der Waals surface area (Å²) in [5, 5.41) is 2.86. The summed E-state index contributed by atoms with van der Waals surface area (Å²) in [5.74, 6) is -1.49. The van der Waals surface area contributed by atoms with Gasteiger partial charge in [-0.3, -0.25) is 14.4 Å². The minimum absolute atomic E-state index is 0.0206. The van der Waals surface area contributed by atoms with Gasteiger partial charge >= 0.3 is 0 Å². The number of primary amides is 1. The molecule has 1 aromatic carbocycles. The second-order valence-corrected chi connectivity index (χ2v) is 7.17. The lowest BCUT2D eigenvalue weighted by Crippen LogP contribution is -2.57. The van der Waals surface area contributed by atoms with E-state index in [4.69, 9.17) is 5.73 Å². The summed E-state index contributed by atoms with van der Waals surface area (Å²) in [5.41, 5.74) is 6.29. The van der Waals surface area contributed by atoms with E-state index in [9.17, 15) is 18.8 Å². The zero-order valence-corrected chi connectivity index (χ0v) is 15.9. The number of nitrogens with one attached hydrogen (secondary N) is 1. The van der Waals surface area contributed by atoms with Crippen LogP contribution in [0.25, 0.3) is 0 Å². The van der Waals surface area contributed by atoms with E-state index >= 15 is 0 Å². The Morgan fingerprint density at radius 2 is 1.85 bits per heavy atom. The molecule has 148 valence electrons. The van der Waals surface area contributed by atoms with Gasteiger partial charge in [0.25, 0.3) is 11.8 Å². The maximum atomic E-state index is 14.0. The Labute approximate surface area is 158 Å². The molecule has 1 fully saturated rings. The summed E-state index contributed by atoms with van der Waals surface area (Å²) in [6.07, 6.45) is -1.52. The summed E-state index contributed by atoms with van der Waals surface area (Å²) in [6, 6.07) is 6.50. The molecule has 0 aromatic heterocycles. The predicted octanol–water partition coefficient (Wildman–Crippen LogP) is 1.25. The van der Waals surface area contributed by atoms with Crippen molar-refractivity contribution in [2.24, 2.45) is 11.7 Å². The van der Waals surface area contributed by atoms with Crippen LogP contribution in [-0.2, 0) is 9.59 Å². The van der Waals surface area contributed by atoms with Gasteiger partial charge in [0.2, 0.25) is 5.91 Å². The molecule has 1 heterocycles. The summed E-state index contributed by atoms with van der Waals surface area (Å²) >= 11 is 0. The van der Waals surface area contributed by atoms with Crippen LogP contribution in [0.3, 0.4) is 0 Å². The van der Waals surface area contributed by atoms with Crippen LogP contribution in [0, 0.1) is 5.92 Å². The molecule has 7 nitrogen and oxygen atoms in total. The minimum Gasteiger partial charge on any atom is -0.376 e. The molecule has 0 bridgehead atoms. The number of halogens is 1. The fraction of sp³-hybridized carbons (Fsp3) is 0.526. The summed E-state index contributed by atoms with van der Waals surface area (Å²) < 4.78 is 14.0. The zero-order chi connectivity index (χ0) is 20.1. The first kappa shape index (κ1) is 20.7. The van der Waals surface area contributed by atoms with Gasteiger partial charge in [0.05, 0.1) is 6.54 Å². The Morgan fingerprint density at radius 1 is 1.22 bits per heavy atom. The standard InChI is InChI=1S/C19H27FN4O3/c1-12(2)17(20)19(27)24-9-8-23(11-13(24)3)18(26)14-4-6-15(7-5-14)22-10-16(21)25/h4-7,12-13,17,22H,8-11H2,1-3H3,(H2,21,25)/t13-,17?/m1/s1. The van der Waals surface area contributed by atoms with Crippen molar-refractivity contribution >= 4 is 23.4 Å². The van der Waals surface area contributed by atoms with Gasteiger partial charge in [-0.05, 0) is 37.1 Å². The lowest BCUT2D eigenvalue weighted by atomic mass is 10.0. The smallest absolute Gasteiger partial charge is 0.257 e. The third kappa shape index (κ3) is 5.18. The molecule has 0 saturated carbocycles. The molecule has 0 spiro atoms. The van der Waals surface area contributed by atoms with Gasteiger partial charge in [0, 0.05) is 36.9 Å². The van der Waals surface area contributed by atoms with E-state index in [1.807, 2.05) is 6.92 Å². The minimum atomic E-state index is -1.52. The van der Waals surface area contributed by atoms with Crippen LogP contribution < -0.4 is 11.1 Å². The molecule has 1 aliphatic rings. The van der Waals surface area contributed by atoms with E-state index in [1.165, 1.54) is 4.90 Å². The quantitative estimate of drug-likeness (QED) is 0.779. The van der Waals surface area contributed by atoms with Crippen LogP contribution in [0.15, 0.2) is 24.3 Å². The maximum Gasteiger partial charge on any atom is 0.257 e. The predicted molar refractivity (Wildman–Crippen MR) is 101 cm³/mol. The van der Waals surface area contributed by atoms with Crippen molar-refractivity contribution in [3.8, 4) is 0 Å². The highest BCUT2D eigenvalue weighted by molar-refractivity contribution is 5.95. The normalized spacial score (nSPS) is 18.3. The van der Waals surface area contributed by atoms with Crippen molar-refractivity contribution in [2.45, 2.75) is 33.0 Å². The number of nitrogens with two attached hydrogens (primary N) is 1. The first-order valence-electron chi connectivity index (χ1n) is 9.06. The highest BCUT2D eigenvalue weighted by Gasteiger charge is 2.34. The average molecular weight is 378 g/mol. The largest absolute Gasteiger partial charge is 0.376 e. The highest BCUT2D eigenvalue weighted by atomic mass is 19.1. The number of carbonyl (C=O) groups excluding carboxylic acids is 3. The van der Waals surface area contributed by atoms with Crippen LogP contribution in [0.1, 0.15) is 31.1 Å². The van der Waals surface area contributed by atoms with Crippen molar-refractivity contribution in [3.63, 3.8) is 0 Å².